The summed E-state index contributed by atoms with van der Waals surface area (Å²) in [5.74, 6) is -0.0382. The van der Waals surface area contributed by atoms with E-state index >= 15 is 0 Å². The van der Waals surface area contributed by atoms with Crippen LogP contribution in [0, 0.1) is 0 Å². The van der Waals surface area contributed by atoms with E-state index in [-0.39, 0.29) is 0 Å². The Morgan fingerprint density at radius 2 is 1.16 bits per heavy atom. The largest absolute Gasteiger partial charge is 0.494 e. The predicted molar refractivity (Wildman–Crippen MR) is 147 cm³/mol. The molecule has 0 aliphatic rings. The van der Waals surface area contributed by atoms with Crippen molar-refractivity contribution in [3.63, 3.8) is 0 Å². The molecule has 192 valence electrons. The average Bonchev–Trinajstić information content (AvgIpc) is 2.91. The lowest BCUT2D eigenvalue weighted by Crippen LogP contribution is -2.10. The lowest BCUT2D eigenvalue weighted by Gasteiger charge is -2.09. The molecule has 0 atom stereocenters. The van der Waals surface area contributed by atoms with Gasteiger partial charge < -0.3 is 18.9 Å². The number of unbranched alkanes of at least 4 members (excludes halogenated alkanes) is 1. The number of carbonyl (C=O) groups is 3. The van der Waals surface area contributed by atoms with E-state index in [0.717, 1.165) is 9.99 Å². The molecule has 3 aromatic carbocycles. The van der Waals surface area contributed by atoms with Crippen LogP contribution in [0.3, 0.4) is 0 Å². The summed E-state index contributed by atoms with van der Waals surface area (Å²) in [5, 5.41) is 0. The van der Waals surface area contributed by atoms with E-state index in [2.05, 4.69) is 29.2 Å². The zero-order chi connectivity index (χ0) is 26.6. The van der Waals surface area contributed by atoms with Crippen LogP contribution in [0.5, 0.6) is 17.2 Å². The number of benzene rings is 3. The summed E-state index contributed by atoms with van der Waals surface area (Å²) >= 11 is 2.26. The second-order valence-electron chi connectivity index (χ2n) is 8.08. The Hall–Kier alpha value is -3.66. The Bertz CT molecular complexity index is 1220. The summed E-state index contributed by atoms with van der Waals surface area (Å²) in [6, 6.07) is 20.1. The van der Waals surface area contributed by atoms with E-state index in [1.165, 1.54) is 0 Å². The van der Waals surface area contributed by atoms with Gasteiger partial charge in [-0.2, -0.15) is 0 Å². The van der Waals surface area contributed by atoms with Gasteiger partial charge in [-0.1, -0.05) is 41.3 Å². The molecule has 0 saturated heterocycles. The van der Waals surface area contributed by atoms with Crippen molar-refractivity contribution in [2.24, 2.45) is 0 Å². The highest BCUT2D eigenvalue weighted by Crippen LogP contribution is 2.19. The molecule has 0 fully saturated rings. The second kappa shape index (κ2) is 14.2. The fourth-order valence-electron chi connectivity index (χ4n) is 3.01. The lowest BCUT2D eigenvalue weighted by molar-refractivity contribution is -0.139. The van der Waals surface area contributed by atoms with Crippen molar-refractivity contribution < 1.29 is 33.3 Å². The number of hydrogen-bond donors (Lipinski definition) is 0. The summed E-state index contributed by atoms with van der Waals surface area (Å²) in [6.07, 6.45) is 1.38. The van der Waals surface area contributed by atoms with Gasteiger partial charge in [-0.15, -0.1) is 0 Å². The van der Waals surface area contributed by atoms with Crippen molar-refractivity contribution in [1.29, 1.82) is 0 Å². The standard InChI is InChI=1S/C29H27IO7/c1-20(2)27(31)35-18-4-3-17-34-24-13-7-22(8-14-24)28(32)37-26-15-9-23(10-16-26)29(33)36-25-11-5-21(19-30)6-12-25/h5-16H,1,3-4,17-19H2,2H3. The van der Waals surface area contributed by atoms with Crippen LogP contribution in [0.4, 0.5) is 0 Å². The Morgan fingerprint density at radius 3 is 1.65 bits per heavy atom. The SMILES string of the molecule is C=C(C)C(=O)OCCCCOc1ccc(C(=O)Oc2ccc(C(=O)Oc3ccc(CI)cc3)cc2)cc1. The van der Waals surface area contributed by atoms with E-state index in [4.69, 9.17) is 18.9 Å². The molecule has 37 heavy (non-hydrogen) atoms. The molecule has 0 spiro atoms. The fourth-order valence-corrected chi connectivity index (χ4v) is 3.52. The number of ether oxygens (including phenoxy) is 4. The molecule has 7 nitrogen and oxygen atoms in total. The zero-order valence-corrected chi connectivity index (χ0v) is 22.6. The molecule has 0 aliphatic carbocycles. The third kappa shape index (κ3) is 9.05. The minimum atomic E-state index is -0.531. The van der Waals surface area contributed by atoms with Gasteiger partial charge in [0, 0.05) is 10.0 Å². The molecule has 0 bridgehead atoms. The van der Waals surface area contributed by atoms with Gasteiger partial charge in [0.25, 0.3) is 0 Å². The molecule has 8 heteroatoms. The van der Waals surface area contributed by atoms with Crippen LogP contribution in [-0.2, 0) is 14.0 Å². The second-order valence-corrected chi connectivity index (χ2v) is 8.84. The maximum atomic E-state index is 12.5. The molecular formula is C29H27IO7. The first-order chi connectivity index (χ1) is 17.9. The normalized spacial score (nSPS) is 10.3. The Labute approximate surface area is 229 Å². The number of halogens is 1. The van der Waals surface area contributed by atoms with Crippen LogP contribution < -0.4 is 14.2 Å². The van der Waals surface area contributed by atoms with Crippen LogP contribution >= 0.6 is 22.6 Å². The third-order valence-corrected chi connectivity index (χ3v) is 5.95. The minimum Gasteiger partial charge on any atom is -0.494 e. The molecule has 3 aromatic rings. The van der Waals surface area contributed by atoms with Crippen molar-refractivity contribution in [3.05, 3.63) is 102 Å². The predicted octanol–water partition coefficient (Wildman–Crippen LogP) is 6.34. The molecule has 0 aliphatic heterocycles. The summed E-state index contributed by atoms with van der Waals surface area (Å²) in [7, 11) is 0. The molecule has 0 N–H and O–H groups in total. The van der Waals surface area contributed by atoms with Gasteiger partial charge in [0.05, 0.1) is 24.3 Å². The van der Waals surface area contributed by atoms with Crippen LogP contribution in [0.1, 0.15) is 46.0 Å². The molecule has 0 radical (unpaired) electrons. The Morgan fingerprint density at radius 1 is 0.703 bits per heavy atom. The van der Waals surface area contributed by atoms with E-state index in [1.54, 1.807) is 67.6 Å². The highest BCUT2D eigenvalue weighted by molar-refractivity contribution is 14.1. The van der Waals surface area contributed by atoms with E-state index in [1.807, 2.05) is 12.1 Å². The molecule has 0 unspecified atom stereocenters. The van der Waals surface area contributed by atoms with Crippen molar-refractivity contribution in [1.82, 2.24) is 0 Å². The van der Waals surface area contributed by atoms with E-state index < -0.39 is 17.9 Å². The quantitative estimate of drug-likeness (QED) is 0.0588. The topological polar surface area (TPSA) is 88.1 Å². The smallest absolute Gasteiger partial charge is 0.343 e. The van der Waals surface area contributed by atoms with Crippen molar-refractivity contribution in [2.75, 3.05) is 13.2 Å². The number of hydrogen-bond acceptors (Lipinski definition) is 7. The first-order valence-corrected chi connectivity index (χ1v) is 13.1. The molecule has 3 rings (SSSR count). The third-order valence-electron chi connectivity index (χ3n) is 5.07. The summed E-state index contributed by atoms with van der Waals surface area (Å²) in [4.78, 5) is 36.1. The Kier molecular flexibility index (Phi) is 10.7. The monoisotopic (exact) mass is 614 g/mol. The maximum Gasteiger partial charge on any atom is 0.343 e. The highest BCUT2D eigenvalue weighted by atomic mass is 127. The molecule has 0 saturated carbocycles. The van der Waals surface area contributed by atoms with Crippen molar-refractivity contribution in [3.8, 4) is 17.2 Å². The van der Waals surface area contributed by atoms with Crippen molar-refractivity contribution in [2.45, 2.75) is 24.2 Å². The first-order valence-electron chi connectivity index (χ1n) is 11.6. The molecule has 0 aromatic heterocycles. The Balaban J connectivity index is 1.43. The minimum absolute atomic E-state index is 0.306. The lowest BCUT2D eigenvalue weighted by atomic mass is 10.2. The maximum absolute atomic E-state index is 12.5. The fraction of sp³-hybridized carbons (Fsp3) is 0.207. The number of alkyl halides is 1. The number of carbonyl (C=O) groups excluding carboxylic acids is 3. The van der Waals surface area contributed by atoms with E-state index in [9.17, 15) is 14.4 Å². The molecule has 0 amide bonds. The number of esters is 3. The van der Waals surface area contributed by atoms with Crippen LogP contribution in [0.2, 0.25) is 0 Å². The van der Waals surface area contributed by atoms with Crippen LogP contribution in [0.25, 0.3) is 0 Å². The average molecular weight is 614 g/mol. The van der Waals surface area contributed by atoms with Crippen LogP contribution in [0.15, 0.2) is 84.9 Å². The highest BCUT2D eigenvalue weighted by Gasteiger charge is 2.12. The summed E-state index contributed by atoms with van der Waals surface area (Å²) < 4.78 is 22.3. The van der Waals surface area contributed by atoms with Gasteiger partial charge in [-0.3, -0.25) is 0 Å². The summed E-state index contributed by atoms with van der Waals surface area (Å²) in [6.45, 7) is 5.90. The van der Waals surface area contributed by atoms with Gasteiger partial charge in [-0.25, -0.2) is 14.4 Å². The van der Waals surface area contributed by atoms with Gasteiger partial charge in [0.15, 0.2) is 0 Å². The number of rotatable bonds is 12. The van der Waals surface area contributed by atoms with Gasteiger partial charge in [-0.05, 0) is 86.0 Å². The van der Waals surface area contributed by atoms with Gasteiger partial charge >= 0.3 is 17.9 Å². The first kappa shape index (κ1) is 27.9. The van der Waals surface area contributed by atoms with Gasteiger partial charge in [0.1, 0.15) is 17.2 Å². The molecular weight excluding hydrogens is 587 g/mol. The van der Waals surface area contributed by atoms with Gasteiger partial charge in [0.2, 0.25) is 0 Å². The van der Waals surface area contributed by atoms with Crippen LogP contribution in [-0.4, -0.2) is 31.1 Å². The molecule has 0 heterocycles. The van der Waals surface area contributed by atoms with Crippen molar-refractivity contribution >= 4 is 40.5 Å². The van der Waals surface area contributed by atoms with E-state index in [0.29, 0.717) is 60.0 Å². The zero-order valence-electron chi connectivity index (χ0n) is 20.4. The summed E-state index contributed by atoms with van der Waals surface area (Å²) in [5.41, 5.74) is 2.22.